The molecule has 1 amide bonds. The molecule has 1 aliphatic carbocycles. The van der Waals surface area contributed by atoms with Gasteiger partial charge in [-0.15, -0.1) is 0 Å². The average molecular weight is 461 g/mol. The number of carbonyl (C=O) groups is 2. The van der Waals surface area contributed by atoms with Crippen molar-refractivity contribution in [3.63, 3.8) is 0 Å². The molecule has 176 valence electrons. The fourth-order valence-electron chi connectivity index (χ4n) is 3.67. The van der Waals surface area contributed by atoms with Crippen molar-refractivity contribution in [1.82, 2.24) is 9.88 Å². The summed E-state index contributed by atoms with van der Waals surface area (Å²) in [5.41, 5.74) is 2.61. The molecule has 34 heavy (non-hydrogen) atoms. The summed E-state index contributed by atoms with van der Waals surface area (Å²) in [6, 6.07) is 17.7. The summed E-state index contributed by atoms with van der Waals surface area (Å²) in [6.07, 6.45) is 7.05. The van der Waals surface area contributed by atoms with Crippen LogP contribution in [0.4, 0.5) is 0 Å². The number of hydrogen-bond donors (Lipinski definition) is 1. The van der Waals surface area contributed by atoms with Gasteiger partial charge in [0.25, 0.3) is 5.91 Å². The number of hydrogen-bond acceptors (Lipinski definition) is 4. The lowest BCUT2D eigenvalue weighted by atomic mass is 10.0. The number of pyridine rings is 1. The Morgan fingerprint density at radius 1 is 1.00 bits per heavy atom. The number of aromatic nitrogens is 1. The molecule has 1 fully saturated rings. The monoisotopic (exact) mass is 460 g/mol. The highest BCUT2D eigenvalue weighted by Gasteiger charge is 2.33. The topological polar surface area (TPSA) is 79.7 Å². The van der Waals surface area contributed by atoms with E-state index >= 15 is 0 Å². The molecule has 3 aromatic rings. The first kappa shape index (κ1) is 20.9. The molecular formula is C28H30N2O4. The third-order valence-electron chi connectivity index (χ3n) is 5.68. The first-order valence-corrected chi connectivity index (χ1v) is 11.7. The standard InChI is InChI=1S/C28H30N2O4/c31-27(32)10-2-1-5-18-34-26-9-4-3-7-24(26)20-30(25-15-16-25)28(33)22-13-11-21(12-14-22)23-8-6-17-29-19-23/h3-4,6-9,11-14,17,19,25H,1-2,5,10,15-16,18,20H2,(H,31,32)/i20D2. The van der Waals surface area contributed by atoms with Gasteiger partial charge in [0.2, 0.25) is 0 Å². The van der Waals surface area contributed by atoms with Crippen LogP contribution < -0.4 is 4.74 Å². The van der Waals surface area contributed by atoms with Gasteiger partial charge < -0.3 is 14.7 Å². The average Bonchev–Trinajstić information content (AvgIpc) is 3.71. The predicted molar refractivity (Wildman–Crippen MR) is 131 cm³/mol. The molecule has 0 spiro atoms. The Bertz CT molecular complexity index is 1180. The molecule has 1 saturated carbocycles. The van der Waals surface area contributed by atoms with Crippen LogP contribution >= 0.6 is 0 Å². The molecule has 1 aromatic heterocycles. The van der Waals surface area contributed by atoms with E-state index in [9.17, 15) is 9.59 Å². The minimum Gasteiger partial charge on any atom is -0.493 e. The van der Waals surface area contributed by atoms with E-state index in [0.29, 0.717) is 42.7 Å². The van der Waals surface area contributed by atoms with Gasteiger partial charge >= 0.3 is 5.97 Å². The third-order valence-corrected chi connectivity index (χ3v) is 5.68. The molecule has 1 heterocycles. The van der Waals surface area contributed by atoms with Gasteiger partial charge in [0.05, 0.1) is 9.35 Å². The lowest BCUT2D eigenvalue weighted by molar-refractivity contribution is -0.137. The molecule has 0 aliphatic heterocycles. The zero-order chi connectivity index (χ0) is 25.5. The number of ether oxygens (including phenoxy) is 1. The molecule has 6 nitrogen and oxygen atoms in total. The number of carbonyl (C=O) groups excluding carboxylic acids is 1. The Balaban J connectivity index is 1.50. The Kier molecular flexibility index (Phi) is 7.04. The molecule has 6 heteroatoms. The molecule has 0 saturated heterocycles. The van der Waals surface area contributed by atoms with Crippen LogP contribution in [0.5, 0.6) is 5.75 Å². The second-order valence-electron chi connectivity index (χ2n) is 8.39. The number of rotatable bonds is 12. The van der Waals surface area contributed by atoms with Crippen molar-refractivity contribution in [2.75, 3.05) is 6.61 Å². The maximum atomic E-state index is 13.6. The third kappa shape index (κ3) is 6.44. The summed E-state index contributed by atoms with van der Waals surface area (Å²) in [6.45, 7) is -1.72. The van der Waals surface area contributed by atoms with E-state index in [1.807, 2.05) is 24.3 Å². The smallest absolute Gasteiger partial charge is 0.303 e. The number of nitrogens with zero attached hydrogens (tertiary/aromatic N) is 2. The van der Waals surface area contributed by atoms with Crippen molar-refractivity contribution < 1.29 is 22.2 Å². The van der Waals surface area contributed by atoms with E-state index in [2.05, 4.69) is 4.98 Å². The largest absolute Gasteiger partial charge is 0.493 e. The lowest BCUT2D eigenvalue weighted by Gasteiger charge is -2.24. The molecule has 2 aromatic carbocycles. The van der Waals surface area contributed by atoms with Gasteiger partial charge in [0.15, 0.2) is 0 Å². The van der Waals surface area contributed by atoms with E-state index < -0.39 is 12.5 Å². The van der Waals surface area contributed by atoms with Crippen LogP contribution in [0.15, 0.2) is 73.1 Å². The number of aliphatic carboxylic acids is 1. The Hall–Kier alpha value is -3.67. The van der Waals surface area contributed by atoms with Crippen molar-refractivity contribution in [3.05, 3.63) is 84.2 Å². The minimum absolute atomic E-state index is 0.126. The highest BCUT2D eigenvalue weighted by molar-refractivity contribution is 5.95. The second kappa shape index (κ2) is 11.5. The summed E-state index contributed by atoms with van der Waals surface area (Å²) < 4.78 is 23.9. The van der Waals surface area contributed by atoms with Crippen LogP contribution in [0.2, 0.25) is 0 Å². The quantitative estimate of drug-likeness (QED) is 0.357. The molecule has 0 unspecified atom stereocenters. The minimum atomic E-state index is -2.07. The molecule has 0 atom stereocenters. The maximum Gasteiger partial charge on any atom is 0.303 e. The number of amides is 1. The summed E-state index contributed by atoms with van der Waals surface area (Å²) in [4.78, 5) is 29.7. The summed E-state index contributed by atoms with van der Waals surface area (Å²) in [5.74, 6) is -0.777. The van der Waals surface area contributed by atoms with Gasteiger partial charge in [-0.1, -0.05) is 36.4 Å². The van der Waals surface area contributed by atoms with Gasteiger partial charge in [-0.3, -0.25) is 14.6 Å². The van der Waals surface area contributed by atoms with Crippen molar-refractivity contribution in [1.29, 1.82) is 0 Å². The second-order valence-corrected chi connectivity index (χ2v) is 8.39. The SMILES string of the molecule is [2H]C([2H])(c1ccccc1OCCCCCC(=O)O)N(C(=O)c1ccc(-c2cccnc2)cc1)C1CC1. The molecule has 0 radical (unpaired) electrons. The van der Waals surface area contributed by atoms with Crippen molar-refractivity contribution in [2.45, 2.75) is 51.1 Å². The Morgan fingerprint density at radius 2 is 1.79 bits per heavy atom. The Labute approximate surface area is 203 Å². The van der Waals surface area contributed by atoms with Crippen molar-refractivity contribution in [3.8, 4) is 16.9 Å². The summed E-state index contributed by atoms with van der Waals surface area (Å²) in [7, 11) is 0. The van der Waals surface area contributed by atoms with Crippen LogP contribution in [0, 0.1) is 0 Å². The summed E-state index contributed by atoms with van der Waals surface area (Å²) in [5, 5.41) is 8.76. The van der Waals surface area contributed by atoms with Crippen LogP contribution in [0.25, 0.3) is 11.1 Å². The molecular weight excluding hydrogens is 428 g/mol. The van der Waals surface area contributed by atoms with Gasteiger partial charge in [0, 0.05) is 42.5 Å². The number of benzene rings is 2. The fraction of sp³-hybridized carbons (Fsp3) is 0.321. The number of carboxylic acids is 1. The van der Waals surface area contributed by atoms with Gasteiger partial charge in [-0.05, 0) is 67.5 Å². The summed E-state index contributed by atoms with van der Waals surface area (Å²) >= 11 is 0. The van der Waals surface area contributed by atoms with E-state index in [4.69, 9.17) is 12.6 Å². The first-order chi connectivity index (χ1) is 17.4. The zero-order valence-corrected chi connectivity index (χ0v) is 19.0. The zero-order valence-electron chi connectivity index (χ0n) is 21.0. The lowest BCUT2D eigenvalue weighted by Crippen LogP contribution is -2.32. The van der Waals surface area contributed by atoms with E-state index in [0.717, 1.165) is 24.0 Å². The first-order valence-electron chi connectivity index (χ1n) is 12.7. The van der Waals surface area contributed by atoms with E-state index in [1.54, 1.807) is 48.8 Å². The van der Waals surface area contributed by atoms with Gasteiger partial charge in [-0.25, -0.2) is 0 Å². The van der Waals surface area contributed by atoms with Gasteiger partial charge in [-0.2, -0.15) is 0 Å². The molecule has 1 N–H and O–H groups in total. The molecule has 0 bridgehead atoms. The molecule has 1 aliphatic rings. The predicted octanol–water partition coefficient (Wildman–Crippen LogP) is 5.58. The number of unbranched alkanes of at least 4 members (excludes halogenated alkanes) is 2. The van der Waals surface area contributed by atoms with Crippen molar-refractivity contribution in [2.24, 2.45) is 0 Å². The van der Waals surface area contributed by atoms with E-state index in [1.165, 1.54) is 4.90 Å². The van der Waals surface area contributed by atoms with Crippen LogP contribution in [-0.4, -0.2) is 39.5 Å². The number of carboxylic acid groups (broad SMARTS) is 1. The van der Waals surface area contributed by atoms with Crippen LogP contribution in [0.1, 0.15) is 57.2 Å². The maximum absolute atomic E-state index is 13.6. The van der Waals surface area contributed by atoms with E-state index in [-0.39, 0.29) is 18.4 Å². The highest BCUT2D eigenvalue weighted by atomic mass is 16.5. The van der Waals surface area contributed by atoms with Crippen molar-refractivity contribution >= 4 is 11.9 Å². The highest BCUT2D eigenvalue weighted by Crippen LogP contribution is 2.32. The van der Waals surface area contributed by atoms with Gasteiger partial charge in [0.1, 0.15) is 5.75 Å². The number of para-hydroxylation sites is 1. The fourth-order valence-corrected chi connectivity index (χ4v) is 3.67. The normalized spacial score (nSPS) is 14.1. The van der Waals surface area contributed by atoms with Crippen LogP contribution in [-0.2, 0) is 11.3 Å². The van der Waals surface area contributed by atoms with Crippen LogP contribution in [0.3, 0.4) is 0 Å². The molecule has 4 rings (SSSR count). The Morgan fingerprint density at radius 3 is 2.50 bits per heavy atom.